The first kappa shape index (κ1) is 18.5. The van der Waals surface area contributed by atoms with Crippen molar-refractivity contribution >= 4 is 15.8 Å². The first-order chi connectivity index (χ1) is 12.7. The molecule has 1 fully saturated rings. The summed E-state index contributed by atoms with van der Waals surface area (Å²) in [6.45, 7) is 1.50. The first-order valence-corrected chi connectivity index (χ1v) is 10.3. The molecule has 4 rings (SSSR count). The van der Waals surface area contributed by atoms with Gasteiger partial charge in [-0.3, -0.25) is 4.90 Å². The summed E-state index contributed by atoms with van der Waals surface area (Å²) < 4.78 is 46.3. The molecule has 4 N–H and O–H groups in total. The highest BCUT2D eigenvalue weighted by molar-refractivity contribution is 7.96. The largest absolute Gasteiger partial charge is 0.370 e. The molecule has 0 bridgehead atoms. The van der Waals surface area contributed by atoms with Crippen LogP contribution in [-0.4, -0.2) is 42.9 Å². The average Bonchev–Trinajstić information content (AvgIpc) is 3.16. The molecular formula is C17H21F2N5O2S. The van der Waals surface area contributed by atoms with Gasteiger partial charge in [0.05, 0.1) is 12.3 Å². The lowest BCUT2D eigenvalue weighted by Gasteiger charge is -2.38. The van der Waals surface area contributed by atoms with Crippen molar-refractivity contribution in [3.8, 4) is 0 Å². The summed E-state index contributed by atoms with van der Waals surface area (Å²) >= 11 is 0. The minimum absolute atomic E-state index is 0.0255. The van der Waals surface area contributed by atoms with Gasteiger partial charge in [0.1, 0.15) is 27.6 Å². The number of halogens is 2. The fourth-order valence-corrected chi connectivity index (χ4v) is 4.26. The van der Waals surface area contributed by atoms with E-state index >= 15 is 0 Å². The molecule has 4 atom stereocenters. The van der Waals surface area contributed by atoms with E-state index in [4.69, 9.17) is 15.6 Å². The Morgan fingerprint density at radius 1 is 1.33 bits per heavy atom. The summed E-state index contributed by atoms with van der Waals surface area (Å²) in [7, 11) is -2.90. The number of hydrogen-bond donors (Lipinski definition) is 2. The summed E-state index contributed by atoms with van der Waals surface area (Å²) in [5.74, 6) is 2.38. The lowest BCUT2D eigenvalue weighted by Crippen LogP contribution is -2.47. The highest BCUT2D eigenvalue weighted by Gasteiger charge is 2.37. The van der Waals surface area contributed by atoms with Crippen LogP contribution in [0.2, 0.25) is 0 Å². The zero-order valence-electron chi connectivity index (χ0n) is 14.6. The van der Waals surface area contributed by atoms with Crippen LogP contribution in [0.4, 0.5) is 8.78 Å². The second-order valence-electron chi connectivity index (χ2n) is 7.07. The maximum Gasteiger partial charge on any atom is 0.129 e. The van der Waals surface area contributed by atoms with E-state index < -0.39 is 33.7 Å². The van der Waals surface area contributed by atoms with Crippen molar-refractivity contribution in [3.63, 3.8) is 0 Å². The Labute approximate surface area is 156 Å². The van der Waals surface area contributed by atoms with Gasteiger partial charge in [-0.2, -0.15) is 9.19 Å². The molecule has 0 radical (unpaired) electrons. The number of hydrogen-bond acceptors (Lipinski definition) is 5. The van der Waals surface area contributed by atoms with Gasteiger partial charge >= 0.3 is 0 Å². The van der Waals surface area contributed by atoms with E-state index in [0.717, 1.165) is 29.5 Å². The molecule has 27 heavy (non-hydrogen) atoms. The Kier molecular flexibility index (Phi) is 4.55. The predicted octanol–water partition coefficient (Wildman–Crippen LogP) is 0.688. The highest BCUT2D eigenvalue weighted by atomic mass is 32.2. The van der Waals surface area contributed by atoms with Crippen LogP contribution in [-0.2, 0) is 27.7 Å². The molecule has 1 saturated heterocycles. The maximum absolute atomic E-state index is 14.0. The zero-order chi connectivity index (χ0) is 19.3. The lowest BCUT2D eigenvalue weighted by molar-refractivity contribution is -0.0533. The number of fused-ring (bicyclic) bond motifs is 1. The molecule has 7 nitrogen and oxygen atoms in total. The van der Waals surface area contributed by atoms with Crippen LogP contribution in [0, 0.1) is 11.6 Å². The second-order valence-corrected chi connectivity index (χ2v) is 8.83. The van der Waals surface area contributed by atoms with E-state index in [-0.39, 0.29) is 11.6 Å². The first-order valence-electron chi connectivity index (χ1n) is 8.51. The summed E-state index contributed by atoms with van der Waals surface area (Å²) in [5.41, 5.74) is 8.10. The average molecular weight is 397 g/mol. The Balaban J connectivity index is 1.44. The van der Waals surface area contributed by atoms with Crippen LogP contribution in [0.15, 0.2) is 24.4 Å². The molecule has 10 heteroatoms. The Morgan fingerprint density at radius 3 is 2.78 bits per heavy atom. The summed E-state index contributed by atoms with van der Waals surface area (Å²) in [6.07, 6.45) is 1.55. The zero-order valence-corrected chi connectivity index (χ0v) is 15.4. The topological polar surface area (TPSA) is 99.4 Å². The van der Waals surface area contributed by atoms with Gasteiger partial charge in [0.15, 0.2) is 0 Å². The molecule has 0 spiro atoms. The quantitative estimate of drug-likeness (QED) is 0.743. The van der Waals surface area contributed by atoms with Gasteiger partial charge in [-0.15, -0.1) is 0 Å². The van der Waals surface area contributed by atoms with E-state index in [1.807, 2.05) is 0 Å². The molecule has 0 aliphatic carbocycles. The molecular weight excluding hydrogens is 376 g/mol. The SMILES string of the molecule is C=S(N)(=O)n1cc2c(n1)CN(C1COC(c3cc(F)ccc3F)C(N)C1)C2. The molecule has 1 aromatic carbocycles. The third kappa shape index (κ3) is 3.50. The van der Waals surface area contributed by atoms with Crippen molar-refractivity contribution in [2.24, 2.45) is 10.9 Å². The number of rotatable bonds is 3. The predicted molar refractivity (Wildman–Crippen MR) is 97.8 cm³/mol. The van der Waals surface area contributed by atoms with Crippen molar-refractivity contribution in [1.29, 1.82) is 0 Å². The van der Waals surface area contributed by atoms with E-state index in [0.29, 0.717) is 26.1 Å². The van der Waals surface area contributed by atoms with Gasteiger partial charge in [-0.05, 0) is 30.5 Å². The minimum atomic E-state index is -2.90. The number of nitrogens with two attached hydrogens (primary N) is 2. The number of benzene rings is 1. The minimum Gasteiger partial charge on any atom is -0.370 e. The molecule has 0 saturated carbocycles. The molecule has 2 aromatic rings. The molecule has 4 unspecified atom stereocenters. The standard InChI is InChI=1S/C17H21F2N5O2S/c1-27(21,25)24-7-10-6-23(8-16(10)22-24)12-5-15(20)17(26-9-12)13-4-11(18)2-3-14(13)19/h2-4,7,12,15,17H,1,5-6,8-9,20H2,(H2,21,25). The van der Waals surface area contributed by atoms with E-state index in [2.05, 4.69) is 15.9 Å². The smallest absolute Gasteiger partial charge is 0.129 e. The van der Waals surface area contributed by atoms with Gasteiger partial charge in [-0.25, -0.2) is 18.1 Å². The van der Waals surface area contributed by atoms with Crippen molar-refractivity contribution in [1.82, 2.24) is 14.1 Å². The second kappa shape index (κ2) is 6.64. The number of ether oxygens (including phenoxy) is 1. The molecule has 1 aromatic heterocycles. The molecule has 2 aliphatic rings. The van der Waals surface area contributed by atoms with Crippen LogP contribution in [0.5, 0.6) is 0 Å². The van der Waals surface area contributed by atoms with Crippen molar-refractivity contribution in [2.75, 3.05) is 6.61 Å². The van der Waals surface area contributed by atoms with Crippen LogP contribution < -0.4 is 10.9 Å². The van der Waals surface area contributed by atoms with Crippen molar-refractivity contribution < 1.29 is 17.7 Å². The maximum atomic E-state index is 14.0. The fourth-order valence-electron chi connectivity index (χ4n) is 3.72. The monoisotopic (exact) mass is 397 g/mol. The number of aromatic nitrogens is 2. The molecule has 3 heterocycles. The molecule has 146 valence electrons. The van der Waals surface area contributed by atoms with Gasteiger partial charge in [0, 0.05) is 42.5 Å². The summed E-state index contributed by atoms with van der Waals surface area (Å²) in [4.78, 5) is 2.15. The van der Waals surface area contributed by atoms with Gasteiger partial charge in [0.25, 0.3) is 0 Å². The normalized spacial score (nSPS) is 28.1. The van der Waals surface area contributed by atoms with Crippen LogP contribution in [0.25, 0.3) is 0 Å². The third-order valence-electron chi connectivity index (χ3n) is 5.08. The van der Waals surface area contributed by atoms with Crippen LogP contribution in [0.3, 0.4) is 0 Å². The van der Waals surface area contributed by atoms with Gasteiger partial charge in [0.2, 0.25) is 0 Å². The van der Waals surface area contributed by atoms with Gasteiger partial charge < -0.3 is 10.5 Å². The van der Waals surface area contributed by atoms with Crippen molar-refractivity contribution in [3.05, 3.63) is 52.9 Å². The van der Waals surface area contributed by atoms with E-state index in [1.165, 1.54) is 4.09 Å². The molecule has 2 aliphatic heterocycles. The van der Waals surface area contributed by atoms with Crippen LogP contribution >= 0.6 is 0 Å². The Morgan fingerprint density at radius 2 is 2.11 bits per heavy atom. The third-order valence-corrected chi connectivity index (χ3v) is 5.90. The Bertz CT molecular complexity index is 954. The van der Waals surface area contributed by atoms with Gasteiger partial charge in [-0.1, -0.05) is 0 Å². The van der Waals surface area contributed by atoms with Crippen molar-refractivity contribution in [2.45, 2.75) is 37.7 Å². The summed E-state index contributed by atoms with van der Waals surface area (Å²) in [5, 5.41) is 9.78. The van der Waals surface area contributed by atoms with Crippen LogP contribution in [0.1, 0.15) is 29.3 Å². The lowest BCUT2D eigenvalue weighted by atomic mass is 9.93. The molecule has 0 amide bonds. The summed E-state index contributed by atoms with van der Waals surface area (Å²) in [6, 6.07) is 2.86. The number of nitrogens with zero attached hydrogens (tertiary/aromatic N) is 3. The van der Waals surface area contributed by atoms with E-state index in [9.17, 15) is 13.0 Å². The fraction of sp³-hybridized carbons (Fsp3) is 0.412. The highest BCUT2D eigenvalue weighted by Crippen LogP contribution is 2.34. The van der Waals surface area contributed by atoms with E-state index in [1.54, 1.807) is 6.20 Å². The Hall–Kier alpha value is -1.85.